The van der Waals surface area contributed by atoms with Crippen molar-refractivity contribution in [2.75, 3.05) is 10.7 Å². The first-order valence-electron chi connectivity index (χ1n) is 13.9. The summed E-state index contributed by atoms with van der Waals surface area (Å²) in [6.07, 6.45) is -2.67. The maximum atomic E-state index is 12.8. The van der Waals surface area contributed by atoms with E-state index in [0.717, 1.165) is 28.1 Å². The number of para-hydroxylation sites is 1. The third kappa shape index (κ3) is 7.75. The molecule has 1 fully saturated rings. The van der Waals surface area contributed by atoms with E-state index >= 15 is 0 Å². The third-order valence-electron chi connectivity index (χ3n) is 6.69. The summed E-state index contributed by atoms with van der Waals surface area (Å²) in [6, 6.07) is 20.6. The predicted octanol–water partition coefficient (Wildman–Crippen LogP) is 7.08. The number of carbonyl (C=O) groups excluding carboxylic acids is 1. The van der Waals surface area contributed by atoms with Gasteiger partial charge < -0.3 is 4.74 Å². The number of carbonyl (C=O) groups is 1. The molecule has 1 aliphatic heterocycles. The van der Waals surface area contributed by atoms with Crippen LogP contribution in [-0.2, 0) is 4.79 Å². The van der Waals surface area contributed by atoms with E-state index < -0.39 is 6.36 Å². The highest BCUT2D eigenvalue weighted by molar-refractivity contribution is 8.15. The molecule has 0 aliphatic carbocycles. The zero-order chi connectivity index (χ0) is 32.1. The summed E-state index contributed by atoms with van der Waals surface area (Å²) >= 11 is 6.79. The topological polar surface area (TPSA) is 97.0 Å². The second-order valence-corrected chi connectivity index (χ2v) is 11.4. The molecule has 1 aromatic heterocycles. The largest absolute Gasteiger partial charge is 0.573 e. The van der Waals surface area contributed by atoms with Crippen molar-refractivity contribution in [1.29, 1.82) is 0 Å². The normalized spacial score (nSPS) is 14.8. The first-order chi connectivity index (χ1) is 21.5. The molecule has 0 atom stereocenters. The number of ether oxygens (including phenoxy) is 1. The van der Waals surface area contributed by atoms with Crippen LogP contribution in [0.5, 0.6) is 5.75 Å². The van der Waals surface area contributed by atoms with Gasteiger partial charge in [0.15, 0.2) is 11.0 Å². The van der Waals surface area contributed by atoms with Crippen molar-refractivity contribution in [2.24, 2.45) is 10.1 Å². The minimum atomic E-state index is -4.76. The minimum Gasteiger partial charge on any atom is -0.406 e. The molecule has 0 unspecified atom stereocenters. The zero-order valence-electron chi connectivity index (χ0n) is 24.4. The molecule has 4 aromatic rings. The number of amides is 1. The quantitative estimate of drug-likeness (QED) is 0.124. The molecular formula is C31H28F3N7O2S2. The standard InChI is InChI=1S/C31H28F3N7O2S2/c1-4-25(37-38-29(44)36-30-41(27(42)17-45-30)26-8-6-5-7-24(26)19(2)3)20-9-11-21(12-10-20)28-35-18-40(39-28)22-13-15-23(16-14-22)43-31(32,33)34/h5-16,18-19H,4,17H2,1-3H3,(H,38,44)/b36-30-,37-25+. The Morgan fingerprint density at radius 2 is 1.80 bits per heavy atom. The van der Waals surface area contributed by atoms with Gasteiger partial charge in [-0.15, -0.1) is 18.3 Å². The number of alkyl halides is 3. The molecule has 5 rings (SSSR count). The molecule has 9 nitrogen and oxygen atoms in total. The van der Waals surface area contributed by atoms with Gasteiger partial charge in [0, 0.05) is 5.56 Å². The zero-order valence-corrected chi connectivity index (χ0v) is 26.1. The number of benzene rings is 3. The van der Waals surface area contributed by atoms with Gasteiger partial charge in [-0.25, -0.2) is 9.67 Å². The fraction of sp³-hybridized carbons (Fsp3) is 0.226. The summed E-state index contributed by atoms with van der Waals surface area (Å²) in [5.74, 6) is 0.568. The van der Waals surface area contributed by atoms with Crippen molar-refractivity contribution in [1.82, 2.24) is 20.2 Å². The number of nitrogens with one attached hydrogen (secondary N) is 1. The van der Waals surface area contributed by atoms with Crippen molar-refractivity contribution in [3.8, 4) is 22.8 Å². The summed E-state index contributed by atoms with van der Waals surface area (Å²) in [7, 11) is 0. The van der Waals surface area contributed by atoms with Crippen LogP contribution in [-0.4, -0.2) is 48.8 Å². The molecular weight excluding hydrogens is 624 g/mol. The van der Waals surface area contributed by atoms with Gasteiger partial charge in [-0.1, -0.05) is 75.0 Å². The number of rotatable bonds is 8. The first kappa shape index (κ1) is 31.9. The van der Waals surface area contributed by atoms with Gasteiger partial charge in [0.25, 0.3) is 0 Å². The molecule has 14 heteroatoms. The highest BCUT2D eigenvalue weighted by atomic mass is 32.2. The lowest BCUT2D eigenvalue weighted by molar-refractivity contribution is -0.274. The van der Waals surface area contributed by atoms with Crippen LogP contribution < -0.4 is 15.1 Å². The maximum Gasteiger partial charge on any atom is 0.573 e. The SMILES string of the molecule is CC/C(=N\NC(=S)/N=C1\SCC(=O)N1c1ccccc1C(C)C)c1ccc(-c2ncn(-c3ccc(OC(F)(F)F)cc3)n2)cc1. The molecule has 3 aromatic carbocycles. The highest BCUT2D eigenvalue weighted by Crippen LogP contribution is 2.33. The van der Waals surface area contributed by atoms with Gasteiger partial charge in [0.1, 0.15) is 12.1 Å². The molecule has 0 saturated carbocycles. The second-order valence-electron chi connectivity index (χ2n) is 10.1. The number of anilines is 1. The van der Waals surface area contributed by atoms with Crippen LogP contribution in [0, 0.1) is 0 Å². The monoisotopic (exact) mass is 651 g/mol. The first-order valence-corrected chi connectivity index (χ1v) is 15.3. The maximum absolute atomic E-state index is 12.8. The summed E-state index contributed by atoms with van der Waals surface area (Å²) in [4.78, 5) is 23.2. The van der Waals surface area contributed by atoms with E-state index in [1.165, 1.54) is 47.0 Å². The van der Waals surface area contributed by atoms with Gasteiger partial charge in [0.2, 0.25) is 11.0 Å². The van der Waals surface area contributed by atoms with Gasteiger partial charge in [0.05, 0.1) is 22.8 Å². The number of thioether (sulfide) groups is 1. The van der Waals surface area contributed by atoms with E-state index in [-0.39, 0.29) is 28.4 Å². The van der Waals surface area contributed by atoms with E-state index in [9.17, 15) is 18.0 Å². The van der Waals surface area contributed by atoms with Gasteiger partial charge >= 0.3 is 6.36 Å². The fourth-order valence-electron chi connectivity index (χ4n) is 4.57. The summed E-state index contributed by atoms with van der Waals surface area (Å²) in [5.41, 5.74) is 7.55. The lowest BCUT2D eigenvalue weighted by Crippen LogP contribution is -2.31. The van der Waals surface area contributed by atoms with Crippen LogP contribution in [0.25, 0.3) is 17.1 Å². The summed E-state index contributed by atoms with van der Waals surface area (Å²) in [6.45, 7) is 6.12. The van der Waals surface area contributed by atoms with E-state index in [1.54, 1.807) is 4.90 Å². The average Bonchev–Trinajstić information content (AvgIpc) is 3.64. The van der Waals surface area contributed by atoms with Crippen molar-refractivity contribution >= 4 is 51.6 Å². The van der Waals surface area contributed by atoms with E-state index in [4.69, 9.17) is 12.2 Å². The third-order valence-corrected chi connectivity index (χ3v) is 7.79. The number of hydrogen-bond acceptors (Lipinski definition) is 7. The molecule has 1 aliphatic rings. The number of aliphatic imine (C=N–C) groups is 1. The minimum absolute atomic E-state index is 0.0553. The Morgan fingerprint density at radius 3 is 2.47 bits per heavy atom. The predicted molar refractivity (Wildman–Crippen MR) is 174 cm³/mol. The van der Waals surface area contributed by atoms with Crippen LogP contribution in [0.2, 0.25) is 0 Å². The number of halogens is 3. The molecule has 45 heavy (non-hydrogen) atoms. The van der Waals surface area contributed by atoms with Crippen molar-refractivity contribution in [2.45, 2.75) is 39.5 Å². The molecule has 0 radical (unpaired) electrons. The van der Waals surface area contributed by atoms with Gasteiger partial charge in [-0.2, -0.15) is 10.1 Å². The molecule has 1 saturated heterocycles. The van der Waals surface area contributed by atoms with Crippen LogP contribution >= 0.6 is 24.0 Å². The molecule has 0 spiro atoms. The second kappa shape index (κ2) is 13.6. The van der Waals surface area contributed by atoms with Crippen LogP contribution in [0.3, 0.4) is 0 Å². The highest BCUT2D eigenvalue weighted by Gasteiger charge is 2.32. The Hall–Kier alpha value is -4.56. The Bertz CT molecular complexity index is 1750. The Balaban J connectivity index is 1.26. The number of aromatic nitrogens is 3. The fourth-order valence-corrected chi connectivity index (χ4v) is 5.62. The molecule has 2 heterocycles. The van der Waals surface area contributed by atoms with E-state index in [2.05, 4.69) is 44.2 Å². The molecule has 1 N–H and O–H groups in total. The molecule has 0 bridgehead atoms. The number of thiocarbonyl (C=S) groups is 1. The Kier molecular flexibility index (Phi) is 9.63. The average molecular weight is 652 g/mol. The van der Waals surface area contributed by atoms with E-state index in [1.807, 2.05) is 55.5 Å². The van der Waals surface area contributed by atoms with Crippen LogP contribution in [0.4, 0.5) is 18.9 Å². The summed E-state index contributed by atoms with van der Waals surface area (Å²) in [5, 5.41) is 9.56. The van der Waals surface area contributed by atoms with Crippen LogP contribution in [0.1, 0.15) is 44.2 Å². The van der Waals surface area contributed by atoms with Gasteiger partial charge in [-0.05, 0) is 66.0 Å². The number of hydrazone groups is 1. The summed E-state index contributed by atoms with van der Waals surface area (Å²) < 4.78 is 42.7. The number of amidine groups is 1. The lowest BCUT2D eigenvalue weighted by Gasteiger charge is -2.21. The van der Waals surface area contributed by atoms with Crippen molar-refractivity contribution < 1.29 is 22.7 Å². The Morgan fingerprint density at radius 1 is 1.09 bits per heavy atom. The number of hydrogen-bond donors (Lipinski definition) is 1. The van der Waals surface area contributed by atoms with Gasteiger partial charge in [-0.3, -0.25) is 15.1 Å². The number of nitrogens with zero attached hydrogens (tertiary/aromatic N) is 6. The Labute approximate surface area is 267 Å². The molecule has 232 valence electrons. The van der Waals surface area contributed by atoms with Crippen molar-refractivity contribution in [3.63, 3.8) is 0 Å². The molecule has 1 amide bonds. The van der Waals surface area contributed by atoms with E-state index in [0.29, 0.717) is 23.1 Å². The van der Waals surface area contributed by atoms with Crippen molar-refractivity contribution in [3.05, 3.63) is 90.3 Å². The lowest BCUT2D eigenvalue weighted by atomic mass is 10.0. The van der Waals surface area contributed by atoms with Crippen LogP contribution in [0.15, 0.2) is 89.2 Å². The smallest absolute Gasteiger partial charge is 0.406 e.